The first kappa shape index (κ1) is 12.9. The predicted octanol–water partition coefficient (Wildman–Crippen LogP) is 0.951. The zero-order chi connectivity index (χ0) is 10.3. The monoisotopic (exact) mass is 188 g/mol. The van der Waals surface area contributed by atoms with E-state index in [1.807, 2.05) is 0 Å². The Morgan fingerprint density at radius 3 is 2.38 bits per heavy atom. The highest BCUT2D eigenvalue weighted by atomic mass is 16.5. The molecular weight excluding hydrogens is 164 g/mol. The molecule has 1 atom stereocenters. The second kappa shape index (κ2) is 7.30. The third-order valence-electron chi connectivity index (χ3n) is 2.24. The number of nitrogens with zero attached hydrogens (tertiary/aromatic N) is 1. The summed E-state index contributed by atoms with van der Waals surface area (Å²) in [5, 5.41) is 3.42. The van der Waals surface area contributed by atoms with Crippen LogP contribution in [0.2, 0.25) is 0 Å². The molecule has 0 aliphatic rings. The van der Waals surface area contributed by atoms with Crippen molar-refractivity contribution in [2.45, 2.75) is 32.9 Å². The van der Waals surface area contributed by atoms with Crippen LogP contribution in [0.3, 0.4) is 0 Å². The van der Waals surface area contributed by atoms with E-state index in [0.717, 1.165) is 19.7 Å². The van der Waals surface area contributed by atoms with Gasteiger partial charge in [-0.15, -0.1) is 0 Å². The molecule has 0 aromatic carbocycles. The quantitative estimate of drug-likeness (QED) is 0.644. The molecule has 80 valence electrons. The van der Waals surface area contributed by atoms with Crippen LogP contribution in [0.5, 0.6) is 0 Å². The van der Waals surface area contributed by atoms with Gasteiger partial charge in [0.15, 0.2) is 0 Å². The van der Waals surface area contributed by atoms with E-state index in [4.69, 9.17) is 4.74 Å². The summed E-state index contributed by atoms with van der Waals surface area (Å²) in [6.45, 7) is 9.34. The Morgan fingerprint density at radius 1 is 1.38 bits per heavy atom. The number of hydrogen-bond donors (Lipinski definition) is 1. The predicted molar refractivity (Wildman–Crippen MR) is 57.1 cm³/mol. The summed E-state index contributed by atoms with van der Waals surface area (Å²) in [4.78, 5) is 2.30. The molecule has 0 rings (SSSR count). The van der Waals surface area contributed by atoms with Crippen LogP contribution in [0.15, 0.2) is 0 Å². The maximum Gasteiger partial charge on any atom is 0.0630 e. The zero-order valence-corrected chi connectivity index (χ0v) is 9.63. The molecule has 3 heteroatoms. The second-order valence-electron chi connectivity index (χ2n) is 3.75. The van der Waals surface area contributed by atoms with Crippen molar-refractivity contribution in [3.8, 4) is 0 Å². The fraction of sp³-hybridized carbons (Fsp3) is 1.00. The van der Waals surface area contributed by atoms with Gasteiger partial charge in [-0.05, 0) is 13.6 Å². The van der Waals surface area contributed by atoms with Gasteiger partial charge < -0.3 is 15.0 Å². The van der Waals surface area contributed by atoms with E-state index >= 15 is 0 Å². The normalized spacial score (nSPS) is 14.1. The van der Waals surface area contributed by atoms with Crippen molar-refractivity contribution in [2.24, 2.45) is 0 Å². The van der Waals surface area contributed by atoms with E-state index in [1.165, 1.54) is 0 Å². The topological polar surface area (TPSA) is 24.5 Å². The lowest BCUT2D eigenvalue weighted by molar-refractivity contribution is 0.107. The number of likely N-dealkylation sites (N-methyl/N-ethyl adjacent to an activating group) is 1. The zero-order valence-electron chi connectivity index (χ0n) is 9.63. The minimum absolute atomic E-state index is 0.484. The van der Waals surface area contributed by atoms with Gasteiger partial charge in [0.2, 0.25) is 0 Å². The number of hydrogen-bond acceptors (Lipinski definition) is 3. The molecule has 0 saturated carbocycles. The first-order valence-corrected chi connectivity index (χ1v) is 5.04. The molecule has 0 bridgehead atoms. The summed E-state index contributed by atoms with van der Waals surface area (Å²) in [6.07, 6.45) is 0. The summed E-state index contributed by atoms with van der Waals surface area (Å²) in [5.41, 5.74) is 0. The molecule has 0 amide bonds. The van der Waals surface area contributed by atoms with Gasteiger partial charge in [0.1, 0.15) is 0 Å². The largest absolute Gasteiger partial charge is 0.383 e. The van der Waals surface area contributed by atoms with Crippen LogP contribution in [0, 0.1) is 0 Å². The van der Waals surface area contributed by atoms with Crippen molar-refractivity contribution in [3.63, 3.8) is 0 Å². The van der Waals surface area contributed by atoms with Crippen LogP contribution in [0.25, 0.3) is 0 Å². The molecule has 1 N–H and O–H groups in total. The Labute approximate surface area is 82.4 Å². The third kappa shape index (κ3) is 6.02. The lowest BCUT2D eigenvalue weighted by atomic mass is 10.2. The van der Waals surface area contributed by atoms with Crippen molar-refractivity contribution in [1.82, 2.24) is 10.2 Å². The molecular formula is C10H24N2O. The van der Waals surface area contributed by atoms with E-state index in [9.17, 15) is 0 Å². The minimum Gasteiger partial charge on any atom is -0.383 e. The van der Waals surface area contributed by atoms with Crippen LogP contribution < -0.4 is 5.32 Å². The molecule has 0 aromatic heterocycles. The molecule has 13 heavy (non-hydrogen) atoms. The average Bonchev–Trinajstić information content (AvgIpc) is 2.10. The summed E-state index contributed by atoms with van der Waals surface area (Å²) in [7, 11) is 3.89. The highest BCUT2D eigenvalue weighted by Gasteiger charge is 2.12. The highest BCUT2D eigenvalue weighted by molar-refractivity contribution is 4.71. The smallest absolute Gasteiger partial charge is 0.0630 e. The van der Waals surface area contributed by atoms with Crippen molar-refractivity contribution in [1.29, 1.82) is 0 Å². The van der Waals surface area contributed by atoms with E-state index in [1.54, 1.807) is 7.11 Å². The Bertz CT molecular complexity index is 117. The molecule has 0 radical (unpaired) electrons. The Balaban J connectivity index is 3.79. The molecule has 0 heterocycles. The lowest BCUT2D eigenvalue weighted by Gasteiger charge is -2.27. The van der Waals surface area contributed by atoms with Crippen molar-refractivity contribution in [2.75, 3.05) is 33.9 Å². The lowest BCUT2D eigenvalue weighted by Crippen LogP contribution is -2.44. The fourth-order valence-corrected chi connectivity index (χ4v) is 1.16. The van der Waals surface area contributed by atoms with Crippen molar-refractivity contribution in [3.05, 3.63) is 0 Å². The number of ether oxygens (including phenoxy) is 1. The molecule has 0 aromatic rings. The van der Waals surface area contributed by atoms with Gasteiger partial charge in [-0.2, -0.15) is 0 Å². The standard InChI is InChI=1S/C10H24N2O/c1-6-12(4)10(8-13-5)7-11-9(2)3/h9-11H,6-8H2,1-5H3. The molecule has 0 fully saturated rings. The van der Waals surface area contributed by atoms with Crippen molar-refractivity contribution < 1.29 is 4.74 Å². The van der Waals surface area contributed by atoms with Gasteiger partial charge in [-0.1, -0.05) is 20.8 Å². The Kier molecular flexibility index (Phi) is 7.23. The third-order valence-corrected chi connectivity index (χ3v) is 2.24. The van der Waals surface area contributed by atoms with Gasteiger partial charge in [0.25, 0.3) is 0 Å². The Hall–Kier alpha value is -0.120. The van der Waals surface area contributed by atoms with Crippen LogP contribution in [-0.2, 0) is 4.74 Å². The highest BCUT2D eigenvalue weighted by Crippen LogP contribution is 1.96. The number of methoxy groups -OCH3 is 1. The first-order chi connectivity index (χ1) is 6.11. The van der Waals surface area contributed by atoms with Gasteiger partial charge in [0.05, 0.1) is 6.61 Å². The fourth-order valence-electron chi connectivity index (χ4n) is 1.16. The summed E-state index contributed by atoms with van der Waals surface area (Å²) < 4.78 is 5.18. The minimum atomic E-state index is 0.484. The molecule has 1 unspecified atom stereocenters. The van der Waals surface area contributed by atoms with Crippen LogP contribution in [0.1, 0.15) is 20.8 Å². The molecule has 3 nitrogen and oxygen atoms in total. The number of rotatable bonds is 7. The maximum absolute atomic E-state index is 5.18. The van der Waals surface area contributed by atoms with E-state index in [2.05, 4.69) is 38.0 Å². The summed E-state index contributed by atoms with van der Waals surface area (Å²) in [6, 6.07) is 1.03. The van der Waals surface area contributed by atoms with E-state index in [0.29, 0.717) is 12.1 Å². The van der Waals surface area contributed by atoms with Crippen LogP contribution >= 0.6 is 0 Å². The SMILES string of the molecule is CCN(C)C(CNC(C)C)COC. The maximum atomic E-state index is 5.18. The van der Waals surface area contributed by atoms with Crippen molar-refractivity contribution >= 4 is 0 Å². The van der Waals surface area contributed by atoms with Crippen LogP contribution in [-0.4, -0.2) is 50.8 Å². The van der Waals surface area contributed by atoms with Gasteiger partial charge >= 0.3 is 0 Å². The van der Waals surface area contributed by atoms with E-state index in [-0.39, 0.29) is 0 Å². The van der Waals surface area contributed by atoms with Gasteiger partial charge in [-0.3, -0.25) is 0 Å². The molecule has 0 saturated heterocycles. The Morgan fingerprint density at radius 2 is 2.00 bits per heavy atom. The van der Waals surface area contributed by atoms with Gasteiger partial charge in [-0.25, -0.2) is 0 Å². The molecule has 0 aliphatic carbocycles. The van der Waals surface area contributed by atoms with Crippen LogP contribution in [0.4, 0.5) is 0 Å². The second-order valence-corrected chi connectivity index (χ2v) is 3.75. The number of nitrogens with one attached hydrogen (secondary N) is 1. The first-order valence-electron chi connectivity index (χ1n) is 5.04. The van der Waals surface area contributed by atoms with Gasteiger partial charge in [0, 0.05) is 25.7 Å². The molecule has 0 aliphatic heterocycles. The average molecular weight is 188 g/mol. The summed E-state index contributed by atoms with van der Waals surface area (Å²) in [5.74, 6) is 0. The van der Waals surface area contributed by atoms with E-state index < -0.39 is 0 Å². The summed E-state index contributed by atoms with van der Waals surface area (Å²) >= 11 is 0. The molecule has 0 spiro atoms.